The summed E-state index contributed by atoms with van der Waals surface area (Å²) in [7, 11) is 0. The van der Waals surface area contributed by atoms with Gasteiger partial charge in [0, 0.05) is 11.6 Å². The third-order valence-corrected chi connectivity index (χ3v) is 5.42. The highest BCUT2D eigenvalue weighted by molar-refractivity contribution is 6.42. The standard InChI is InChI=1S/C23H11Cl2F3N2O5/c24-16-7-3-13(10-17(16)25)21-29-18(22(31)35-21)9-12-1-5-15(6-2-12)34-20-8-4-14(23(26,27)28)11-19(20)30(32)33/h1-11H/b18-9-. The van der Waals surface area contributed by atoms with Crippen molar-refractivity contribution >= 4 is 46.8 Å². The molecule has 0 atom stereocenters. The molecule has 4 rings (SSSR count). The van der Waals surface area contributed by atoms with Crippen LogP contribution in [-0.2, 0) is 15.7 Å². The first-order valence-electron chi connectivity index (χ1n) is 9.63. The molecule has 12 heteroatoms. The number of halogens is 5. The largest absolute Gasteiger partial charge is 0.450 e. The molecule has 35 heavy (non-hydrogen) atoms. The summed E-state index contributed by atoms with van der Waals surface area (Å²) in [6, 6.07) is 12.5. The van der Waals surface area contributed by atoms with E-state index in [1.165, 1.54) is 42.5 Å². The second kappa shape index (κ2) is 9.40. The predicted octanol–water partition coefficient (Wildman–Crippen LogP) is 7.06. The number of cyclic esters (lactones) is 1. The van der Waals surface area contributed by atoms with Crippen molar-refractivity contribution in [1.82, 2.24) is 0 Å². The number of aliphatic imine (C=N–C) groups is 1. The first-order chi connectivity index (χ1) is 16.5. The molecule has 0 amide bonds. The van der Waals surface area contributed by atoms with E-state index in [-0.39, 0.29) is 28.1 Å². The maximum absolute atomic E-state index is 12.9. The fraction of sp³-hybridized carbons (Fsp3) is 0.0435. The zero-order valence-electron chi connectivity index (χ0n) is 17.2. The van der Waals surface area contributed by atoms with Crippen LogP contribution in [0.3, 0.4) is 0 Å². The van der Waals surface area contributed by atoms with Crippen LogP contribution in [0.2, 0.25) is 10.0 Å². The third-order valence-electron chi connectivity index (χ3n) is 4.68. The van der Waals surface area contributed by atoms with Gasteiger partial charge in [0.1, 0.15) is 5.75 Å². The molecule has 1 aliphatic rings. The third kappa shape index (κ3) is 5.44. The number of benzene rings is 3. The van der Waals surface area contributed by atoms with E-state index in [1.54, 1.807) is 6.07 Å². The van der Waals surface area contributed by atoms with Crippen molar-refractivity contribution in [1.29, 1.82) is 0 Å². The molecule has 7 nitrogen and oxygen atoms in total. The van der Waals surface area contributed by atoms with Crippen LogP contribution in [0.25, 0.3) is 6.08 Å². The zero-order valence-corrected chi connectivity index (χ0v) is 18.7. The second-order valence-electron chi connectivity index (χ2n) is 7.07. The van der Waals surface area contributed by atoms with Crippen molar-refractivity contribution in [3.8, 4) is 11.5 Å². The summed E-state index contributed by atoms with van der Waals surface area (Å²) in [5, 5.41) is 11.8. The van der Waals surface area contributed by atoms with Crippen LogP contribution in [0.15, 0.2) is 71.4 Å². The molecule has 0 unspecified atom stereocenters. The lowest BCUT2D eigenvalue weighted by Gasteiger charge is -2.10. The molecule has 0 bridgehead atoms. The number of ether oxygens (including phenoxy) is 2. The van der Waals surface area contributed by atoms with Crippen molar-refractivity contribution in [2.24, 2.45) is 4.99 Å². The Balaban J connectivity index is 1.55. The van der Waals surface area contributed by atoms with Gasteiger partial charge in [-0.15, -0.1) is 0 Å². The fourth-order valence-corrected chi connectivity index (χ4v) is 3.30. The van der Waals surface area contributed by atoms with Gasteiger partial charge in [0.2, 0.25) is 11.6 Å². The number of hydrogen-bond donors (Lipinski definition) is 0. The SMILES string of the molecule is O=C1OC(c2ccc(Cl)c(Cl)c2)=N/C1=C\c1ccc(Oc2ccc(C(F)(F)F)cc2[N+](=O)[O-])cc1. The van der Waals surface area contributed by atoms with Crippen LogP contribution in [0.5, 0.6) is 11.5 Å². The predicted molar refractivity (Wildman–Crippen MR) is 122 cm³/mol. The smallest absolute Gasteiger partial charge is 0.416 e. The van der Waals surface area contributed by atoms with E-state index in [0.717, 1.165) is 6.07 Å². The Morgan fingerprint density at radius 2 is 1.71 bits per heavy atom. The number of nitro benzene ring substituents is 1. The monoisotopic (exact) mass is 522 g/mol. The topological polar surface area (TPSA) is 91.0 Å². The molecule has 178 valence electrons. The molecule has 3 aromatic carbocycles. The zero-order chi connectivity index (χ0) is 25.3. The Morgan fingerprint density at radius 3 is 2.34 bits per heavy atom. The summed E-state index contributed by atoms with van der Waals surface area (Å²) in [6.07, 6.45) is -3.29. The van der Waals surface area contributed by atoms with Crippen LogP contribution >= 0.6 is 23.2 Å². The van der Waals surface area contributed by atoms with E-state index in [2.05, 4.69) is 4.99 Å². The van der Waals surface area contributed by atoms with E-state index >= 15 is 0 Å². The van der Waals surface area contributed by atoms with Gasteiger partial charge in [-0.05, 0) is 54.1 Å². The van der Waals surface area contributed by atoms with Crippen molar-refractivity contribution in [2.45, 2.75) is 6.18 Å². The maximum Gasteiger partial charge on any atom is 0.416 e. The van der Waals surface area contributed by atoms with E-state index in [1.807, 2.05) is 0 Å². The summed E-state index contributed by atoms with van der Waals surface area (Å²) in [6.45, 7) is 0. The normalized spacial score (nSPS) is 14.6. The average Bonchev–Trinajstić information content (AvgIpc) is 3.16. The number of rotatable bonds is 5. The Morgan fingerprint density at radius 1 is 1.00 bits per heavy atom. The first kappa shape index (κ1) is 24.2. The highest BCUT2D eigenvalue weighted by atomic mass is 35.5. The Labute approximate surface area is 205 Å². The van der Waals surface area contributed by atoms with Crippen LogP contribution in [0.1, 0.15) is 16.7 Å². The highest BCUT2D eigenvalue weighted by Crippen LogP contribution is 2.38. The molecule has 3 aromatic rings. The van der Waals surface area contributed by atoms with Gasteiger partial charge < -0.3 is 9.47 Å². The number of esters is 1. The van der Waals surface area contributed by atoms with Crippen LogP contribution in [0.4, 0.5) is 18.9 Å². The number of nitrogens with zero attached hydrogens (tertiary/aromatic N) is 2. The number of carbonyl (C=O) groups excluding carboxylic acids is 1. The Kier molecular flexibility index (Phi) is 6.51. The number of carbonyl (C=O) groups is 1. The number of alkyl halides is 3. The van der Waals surface area contributed by atoms with Gasteiger partial charge in [-0.2, -0.15) is 13.2 Å². The summed E-state index contributed by atoms with van der Waals surface area (Å²) >= 11 is 11.9. The average molecular weight is 523 g/mol. The first-order valence-corrected chi connectivity index (χ1v) is 10.4. The van der Waals surface area contributed by atoms with Crippen molar-refractivity contribution in [2.75, 3.05) is 0 Å². The summed E-state index contributed by atoms with van der Waals surface area (Å²) in [4.78, 5) is 26.6. The van der Waals surface area contributed by atoms with E-state index in [9.17, 15) is 28.1 Å². The molecule has 0 N–H and O–H groups in total. The molecule has 0 fully saturated rings. The van der Waals surface area contributed by atoms with Gasteiger partial charge in [-0.1, -0.05) is 35.3 Å². The van der Waals surface area contributed by atoms with Gasteiger partial charge in [0.05, 0.1) is 20.5 Å². The molecule has 0 saturated heterocycles. The Bertz CT molecular complexity index is 1400. The van der Waals surface area contributed by atoms with E-state index in [0.29, 0.717) is 28.3 Å². The van der Waals surface area contributed by atoms with Crippen LogP contribution in [0, 0.1) is 10.1 Å². The van der Waals surface area contributed by atoms with Crippen molar-refractivity contribution in [3.63, 3.8) is 0 Å². The van der Waals surface area contributed by atoms with Crippen molar-refractivity contribution in [3.05, 3.63) is 103 Å². The van der Waals surface area contributed by atoms with Gasteiger partial charge in [-0.3, -0.25) is 10.1 Å². The van der Waals surface area contributed by atoms with Gasteiger partial charge in [0.15, 0.2) is 5.70 Å². The molecule has 1 aliphatic heterocycles. The van der Waals surface area contributed by atoms with E-state index in [4.69, 9.17) is 32.7 Å². The minimum Gasteiger partial charge on any atom is -0.450 e. The fourth-order valence-electron chi connectivity index (χ4n) is 3.00. The lowest BCUT2D eigenvalue weighted by Crippen LogP contribution is -2.06. The molecule has 0 aromatic heterocycles. The van der Waals surface area contributed by atoms with Crippen molar-refractivity contribution < 1.29 is 32.4 Å². The molecular formula is C23H11Cl2F3N2O5. The Hall–Kier alpha value is -3.89. The maximum atomic E-state index is 12.9. The molecule has 0 radical (unpaired) electrons. The quantitative estimate of drug-likeness (QED) is 0.155. The van der Waals surface area contributed by atoms with Gasteiger partial charge in [-0.25, -0.2) is 9.79 Å². The summed E-state index contributed by atoms with van der Waals surface area (Å²) < 4.78 is 49.2. The minimum atomic E-state index is -4.73. The molecule has 0 aliphatic carbocycles. The highest BCUT2D eigenvalue weighted by Gasteiger charge is 2.33. The molecule has 1 heterocycles. The molecular weight excluding hydrogens is 512 g/mol. The van der Waals surface area contributed by atoms with Gasteiger partial charge in [0.25, 0.3) is 0 Å². The lowest BCUT2D eigenvalue weighted by atomic mass is 10.1. The second-order valence-corrected chi connectivity index (χ2v) is 7.89. The summed E-state index contributed by atoms with van der Waals surface area (Å²) in [5.41, 5.74) is -1.01. The number of hydrogen-bond acceptors (Lipinski definition) is 6. The van der Waals surface area contributed by atoms with E-state index < -0.39 is 28.3 Å². The van der Waals surface area contributed by atoms with Crippen LogP contribution < -0.4 is 4.74 Å². The minimum absolute atomic E-state index is 0.0121. The lowest BCUT2D eigenvalue weighted by molar-refractivity contribution is -0.385. The molecule has 0 spiro atoms. The number of nitro groups is 1. The summed E-state index contributed by atoms with van der Waals surface area (Å²) in [5.74, 6) is -0.866. The van der Waals surface area contributed by atoms with Gasteiger partial charge >= 0.3 is 17.8 Å². The molecule has 0 saturated carbocycles. The van der Waals surface area contributed by atoms with Crippen LogP contribution in [-0.4, -0.2) is 16.8 Å².